The molecule has 100 valence electrons. The maximum atomic E-state index is 4.55. The Bertz CT molecular complexity index is 374. The van der Waals surface area contributed by atoms with Gasteiger partial charge in [0.05, 0.1) is 5.69 Å². The summed E-state index contributed by atoms with van der Waals surface area (Å²) in [5.74, 6) is 0. The van der Waals surface area contributed by atoms with Crippen LogP contribution in [-0.4, -0.2) is 28.5 Å². The molecule has 1 saturated carbocycles. The molecule has 0 radical (unpaired) electrons. The Morgan fingerprint density at radius 3 is 2.56 bits per heavy atom. The van der Waals surface area contributed by atoms with Gasteiger partial charge in [0.25, 0.3) is 0 Å². The summed E-state index contributed by atoms with van der Waals surface area (Å²) in [4.78, 5) is 6.95. The van der Waals surface area contributed by atoms with Crippen LogP contribution in [0.1, 0.15) is 44.9 Å². The van der Waals surface area contributed by atoms with E-state index in [9.17, 15) is 0 Å². The van der Waals surface area contributed by atoms with Crippen LogP contribution in [0, 0.1) is 0 Å². The molecule has 3 heteroatoms. The molecule has 0 unspecified atom stereocenters. The van der Waals surface area contributed by atoms with Crippen molar-refractivity contribution in [2.75, 3.05) is 7.05 Å². The smallest absolute Gasteiger partial charge is 0.0544 e. The summed E-state index contributed by atoms with van der Waals surface area (Å²) in [6.45, 7) is 8.39. The van der Waals surface area contributed by atoms with Gasteiger partial charge in [-0.05, 0) is 52.3 Å². The summed E-state index contributed by atoms with van der Waals surface area (Å²) in [5, 5.41) is 3.48. The summed E-state index contributed by atoms with van der Waals surface area (Å²) in [5.41, 5.74) is 2.58. The first-order valence-electron chi connectivity index (χ1n) is 6.83. The van der Waals surface area contributed by atoms with E-state index in [0.29, 0.717) is 0 Å². The molecule has 0 aliphatic heterocycles. The Morgan fingerprint density at radius 1 is 1.33 bits per heavy atom. The number of pyridine rings is 1. The van der Waals surface area contributed by atoms with Crippen molar-refractivity contribution in [1.29, 1.82) is 0 Å². The van der Waals surface area contributed by atoms with Gasteiger partial charge in [-0.25, -0.2) is 0 Å². The molecule has 1 heterocycles. The van der Waals surface area contributed by atoms with Crippen molar-refractivity contribution < 1.29 is 0 Å². The zero-order valence-electron chi connectivity index (χ0n) is 12.0. The second-order valence-electron chi connectivity index (χ2n) is 6.41. The molecule has 0 saturated heterocycles. The van der Waals surface area contributed by atoms with Gasteiger partial charge in [-0.2, -0.15) is 0 Å². The first-order chi connectivity index (χ1) is 8.44. The Kier molecular flexibility index (Phi) is 4.03. The third kappa shape index (κ3) is 4.39. The van der Waals surface area contributed by atoms with Crippen LogP contribution in [0.4, 0.5) is 0 Å². The average Bonchev–Trinajstić information content (AvgIpc) is 3.11. The number of aromatic nitrogens is 1. The largest absolute Gasteiger partial charge is 0.308 e. The predicted molar refractivity (Wildman–Crippen MR) is 75.3 cm³/mol. The maximum Gasteiger partial charge on any atom is 0.0544 e. The zero-order chi connectivity index (χ0) is 13.2. The first kappa shape index (κ1) is 13.5. The van der Waals surface area contributed by atoms with E-state index >= 15 is 0 Å². The molecule has 1 aromatic rings. The summed E-state index contributed by atoms with van der Waals surface area (Å²) in [6, 6.07) is 5.13. The topological polar surface area (TPSA) is 28.2 Å². The molecule has 1 aliphatic carbocycles. The first-order valence-corrected chi connectivity index (χ1v) is 6.83. The highest BCUT2D eigenvalue weighted by atomic mass is 15.2. The number of nitrogens with zero attached hydrogens (tertiary/aromatic N) is 2. The van der Waals surface area contributed by atoms with Gasteiger partial charge in [0.15, 0.2) is 0 Å². The van der Waals surface area contributed by atoms with Crippen LogP contribution in [0.5, 0.6) is 0 Å². The number of hydrogen-bond donors (Lipinski definition) is 1. The van der Waals surface area contributed by atoms with Gasteiger partial charge < -0.3 is 5.32 Å². The van der Waals surface area contributed by atoms with Gasteiger partial charge in [0.2, 0.25) is 0 Å². The third-order valence-corrected chi connectivity index (χ3v) is 3.29. The summed E-state index contributed by atoms with van der Waals surface area (Å²) >= 11 is 0. The normalized spacial score (nSPS) is 16.3. The molecule has 0 atom stereocenters. The van der Waals surface area contributed by atoms with Crippen molar-refractivity contribution >= 4 is 0 Å². The molecule has 3 nitrogen and oxygen atoms in total. The minimum atomic E-state index is 0.158. The van der Waals surface area contributed by atoms with Crippen LogP contribution in [0.2, 0.25) is 0 Å². The van der Waals surface area contributed by atoms with Crippen LogP contribution in [0.15, 0.2) is 18.3 Å². The molecule has 0 aromatic carbocycles. The van der Waals surface area contributed by atoms with Gasteiger partial charge in [0, 0.05) is 30.9 Å². The molecular weight excluding hydrogens is 222 g/mol. The van der Waals surface area contributed by atoms with Gasteiger partial charge in [0.1, 0.15) is 0 Å². The lowest BCUT2D eigenvalue weighted by molar-refractivity contribution is 0.312. The fourth-order valence-corrected chi connectivity index (χ4v) is 1.92. The standard InChI is InChI=1S/C15H25N3/c1-15(2,3)17-10-12-5-6-13(16-9-12)11-18(4)14-7-8-14/h5-6,9,14,17H,7-8,10-11H2,1-4H3. The lowest BCUT2D eigenvalue weighted by atomic mass is 10.1. The minimum Gasteiger partial charge on any atom is -0.308 e. The van der Waals surface area contributed by atoms with Gasteiger partial charge >= 0.3 is 0 Å². The average molecular weight is 247 g/mol. The second kappa shape index (κ2) is 5.37. The highest BCUT2D eigenvalue weighted by molar-refractivity contribution is 5.14. The Balaban J connectivity index is 1.84. The van der Waals surface area contributed by atoms with E-state index in [1.807, 2.05) is 6.20 Å². The quantitative estimate of drug-likeness (QED) is 0.867. The van der Waals surface area contributed by atoms with Crippen LogP contribution in [0.3, 0.4) is 0 Å². The zero-order valence-corrected chi connectivity index (χ0v) is 12.0. The van der Waals surface area contributed by atoms with Gasteiger partial charge in [-0.15, -0.1) is 0 Å². The predicted octanol–water partition coefficient (Wildman–Crippen LogP) is 2.56. The molecule has 0 amide bonds. The van der Waals surface area contributed by atoms with Crippen molar-refractivity contribution in [3.63, 3.8) is 0 Å². The van der Waals surface area contributed by atoms with Crippen LogP contribution in [0.25, 0.3) is 0 Å². The molecule has 18 heavy (non-hydrogen) atoms. The number of hydrogen-bond acceptors (Lipinski definition) is 3. The second-order valence-corrected chi connectivity index (χ2v) is 6.41. The highest BCUT2D eigenvalue weighted by Crippen LogP contribution is 2.26. The van der Waals surface area contributed by atoms with Crippen LogP contribution < -0.4 is 5.32 Å². The SMILES string of the molecule is CN(Cc1ccc(CNC(C)(C)C)cn1)C1CC1. The summed E-state index contributed by atoms with van der Waals surface area (Å²) in [6.07, 6.45) is 4.70. The van der Waals surface area contributed by atoms with Crippen LogP contribution in [-0.2, 0) is 13.1 Å². The Morgan fingerprint density at radius 2 is 2.06 bits per heavy atom. The van der Waals surface area contributed by atoms with Crippen molar-refractivity contribution in [2.45, 2.75) is 58.3 Å². The molecule has 2 rings (SSSR count). The monoisotopic (exact) mass is 247 g/mol. The molecule has 1 aromatic heterocycles. The lowest BCUT2D eigenvalue weighted by Crippen LogP contribution is -2.35. The van der Waals surface area contributed by atoms with Crippen LogP contribution >= 0.6 is 0 Å². The van der Waals surface area contributed by atoms with E-state index in [1.165, 1.54) is 24.1 Å². The molecule has 0 spiro atoms. The fourth-order valence-electron chi connectivity index (χ4n) is 1.92. The van der Waals surface area contributed by atoms with E-state index in [2.05, 4.69) is 55.2 Å². The molecule has 0 bridgehead atoms. The minimum absolute atomic E-state index is 0.158. The molecule has 1 fully saturated rings. The lowest BCUT2D eigenvalue weighted by Gasteiger charge is -2.20. The van der Waals surface area contributed by atoms with E-state index in [1.54, 1.807) is 0 Å². The highest BCUT2D eigenvalue weighted by Gasteiger charge is 2.25. The summed E-state index contributed by atoms with van der Waals surface area (Å²) in [7, 11) is 2.19. The van der Waals surface area contributed by atoms with Gasteiger partial charge in [-0.1, -0.05) is 6.07 Å². The maximum absolute atomic E-state index is 4.55. The molecule has 1 N–H and O–H groups in total. The molecular formula is C15H25N3. The fraction of sp³-hybridized carbons (Fsp3) is 0.667. The van der Waals surface area contributed by atoms with Gasteiger partial charge in [-0.3, -0.25) is 9.88 Å². The Labute approximate surface area is 111 Å². The van der Waals surface area contributed by atoms with E-state index in [-0.39, 0.29) is 5.54 Å². The summed E-state index contributed by atoms with van der Waals surface area (Å²) < 4.78 is 0. The van der Waals surface area contributed by atoms with Crippen molar-refractivity contribution in [3.8, 4) is 0 Å². The van der Waals surface area contributed by atoms with Crippen molar-refractivity contribution in [3.05, 3.63) is 29.6 Å². The van der Waals surface area contributed by atoms with E-state index in [4.69, 9.17) is 0 Å². The third-order valence-electron chi connectivity index (χ3n) is 3.29. The number of rotatable bonds is 5. The van der Waals surface area contributed by atoms with E-state index in [0.717, 1.165) is 19.1 Å². The van der Waals surface area contributed by atoms with Crippen molar-refractivity contribution in [1.82, 2.24) is 15.2 Å². The van der Waals surface area contributed by atoms with E-state index < -0.39 is 0 Å². The Hall–Kier alpha value is -0.930. The number of nitrogens with one attached hydrogen (secondary N) is 1. The molecule has 1 aliphatic rings. The van der Waals surface area contributed by atoms with Crippen molar-refractivity contribution in [2.24, 2.45) is 0 Å².